The number of hydrogen-bond acceptors (Lipinski definition) is 12. The van der Waals surface area contributed by atoms with E-state index in [1.165, 1.54) is 22.6 Å². The van der Waals surface area contributed by atoms with E-state index >= 15 is 0 Å². The fourth-order valence-corrected chi connectivity index (χ4v) is 10.2. The predicted molar refractivity (Wildman–Crippen MR) is 254 cm³/mol. The van der Waals surface area contributed by atoms with Gasteiger partial charge in [0.15, 0.2) is 11.4 Å². The number of phenolic OH excluding ortho intramolecular Hbond substituents is 2. The number of amides is 2. The number of nitrogens with zero attached hydrogens (tertiary/aromatic N) is 7. The number of aromatic hydroxyl groups is 2. The van der Waals surface area contributed by atoms with E-state index in [1.807, 2.05) is 51.2 Å². The Hall–Kier alpha value is -7.73. The number of aliphatic hydroxyl groups is 1. The molecule has 4 N–H and O–H groups in total. The number of esters is 1. The Balaban J connectivity index is 0.771. The molecule has 10 rings (SSSR count). The van der Waals surface area contributed by atoms with Crippen molar-refractivity contribution in [1.82, 2.24) is 38.7 Å². The van der Waals surface area contributed by atoms with Crippen molar-refractivity contribution >= 4 is 39.8 Å². The van der Waals surface area contributed by atoms with E-state index in [9.17, 15) is 39.3 Å². The molecule has 0 saturated carbocycles. The van der Waals surface area contributed by atoms with Gasteiger partial charge in [0, 0.05) is 66.4 Å². The van der Waals surface area contributed by atoms with Gasteiger partial charge in [0.2, 0.25) is 5.91 Å². The average Bonchev–Trinajstić information content (AvgIpc) is 4.04. The average molecular weight is 937 g/mol. The molecule has 0 radical (unpaired) electrons. The largest absolute Gasteiger partial charge is 0.508 e. The first-order chi connectivity index (χ1) is 33.1. The van der Waals surface area contributed by atoms with E-state index in [-0.39, 0.29) is 77.7 Å². The summed E-state index contributed by atoms with van der Waals surface area (Å²) in [5, 5.41) is 40.8. The topological polar surface area (TPSA) is 227 Å². The predicted octanol–water partition coefficient (Wildman–Crippen LogP) is 6.04. The van der Waals surface area contributed by atoms with Crippen molar-refractivity contribution in [3.05, 3.63) is 116 Å². The number of pyridine rings is 2. The Morgan fingerprint density at radius 3 is 2.51 bits per heavy atom. The van der Waals surface area contributed by atoms with Crippen LogP contribution >= 0.6 is 0 Å². The highest BCUT2D eigenvalue weighted by Gasteiger charge is 2.45. The van der Waals surface area contributed by atoms with Crippen LogP contribution in [0.3, 0.4) is 0 Å². The summed E-state index contributed by atoms with van der Waals surface area (Å²) in [7, 11) is 1.53. The van der Waals surface area contributed by atoms with E-state index in [0.717, 1.165) is 46.8 Å². The van der Waals surface area contributed by atoms with Crippen molar-refractivity contribution in [2.45, 2.75) is 84.6 Å². The molecule has 0 aliphatic carbocycles. The Kier molecular flexibility index (Phi) is 11.2. The molecule has 1 atom stereocenters. The molecule has 2 amide bonds. The molecule has 0 unspecified atom stereocenters. The Labute approximate surface area is 395 Å². The van der Waals surface area contributed by atoms with Crippen LogP contribution in [0.5, 0.6) is 17.2 Å². The van der Waals surface area contributed by atoms with Gasteiger partial charge in [0.05, 0.1) is 40.3 Å². The monoisotopic (exact) mass is 936 g/mol. The van der Waals surface area contributed by atoms with E-state index in [1.54, 1.807) is 46.7 Å². The van der Waals surface area contributed by atoms with Gasteiger partial charge >= 0.3 is 17.8 Å². The van der Waals surface area contributed by atoms with Gasteiger partial charge in [0.1, 0.15) is 30.4 Å². The number of hydrogen-bond donors (Lipinski definition) is 4. The Morgan fingerprint density at radius 2 is 1.77 bits per heavy atom. The lowest BCUT2D eigenvalue weighted by molar-refractivity contribution is -0.172. The molecule has 4 aromatic heterocycles. The van der Waals surface area contributed by atoms with Crippen molar-refractivity contribution in [3.63, 3.8) is 0 Å². The number of H-pyrrole nitrogens is 1. The van der Waals surface area contributed by atoms with E-state index in [4.69, 9.17) is 14.5 Å². The van der Waals surface area contributed by atoms with Crippen molar-refractivity contribution in [1.29, 1.82) is 0 Å². The van der Waals surface area contributed by atoms with Gasteiger partial charge in [-0.25, -0.2) is 29.0 Å². The van der Waals surface area contributed by atoms with Gasteiger partial charge in [-0.3, -0.25) is 9.59 Å². The molecule has 3 aromatic carbocycles. The van der Waals surface area contributed by atoms with Crippen LogP contribution < -0.4 is 16.0 Å². The molecule has 18 heteroatoms. The summed E-state index contributed by atoms with van der Waals surface area (Å²) < 4.78 is 16.2. The Morgan fingerprint density at radius 1 is 0.986 bits per heavy atom. The molecule has 1 fully saturated rings. The lowest BCUT2D eigenvalue weighted by atomic mass is 9.86. The smallest absolute Gasteiger partial charge is 0.415 e. The minimum absolute atomic E-state index is 0.0315. The highest BCUT2D eigenvalue weighted by molar-refractivity contribution is 5.91. The molecule has 3 aliphatic heterocycles. The quantitative estimate of drug-likeness (QED) is 0.115. The minimum atomic E-state index is -1.93. The van der Waals surface area contributed by atoms with Gasteiger partial charge in [0.25, 0.3) is 5.56 Å². The fourth-order valence-electron chi connectivity index (χ4n) is 10.2. The van der Waals surface area contributed by atoms with E-state index in [2.05, 4.69) is 14.8 Å². The number of phenols is 2. The van der Waals surface area contributed by atoms with Crippen LogP contribution in [0.25, 0.3) is 50.3 Å². The first-order valence-corrected chi connectivity index (χ1v) is 23.2. The summed E-state index contributed by atoms with van der Waals surface area (Å²) in [6.07, 6.45) is 3.49. The van der Waals surface area contributed by atoms with Crippen LogP contribution in [0.15, 0.2) is 76.4 Å². The first kappa shape index (κ1) is 45.1. The van der Waals surface area contributed by atoms with Crippen molar-refractivity contribution in [2.75, 3.05) is 26.7 Å². The SMILES string of the molecule is CCc1c2c(nc3ccc(OC(=O)N(C)CC(=O)N4CCC(Cn5ccc6cc(-n7c(-c8cc(C(C)C)c(O)cc8O)n[nH]c7=O)ccc65)CC4)cc13)-c1cc3c(c(=O)n1C2)COC(=O)[C@]3(O)CC. The number of likely N-dealkylation sites (tertiary alicyclic amines) is 1. The highest BCUT2D eigenvalue weighted by atomic mass is 16.6. The lowest BCUT2D eigenvalue weighted by Crippen LogP contribution is -2.45. The van der Waals surface area contributed by atoms with Crippen LogP contribution in [-0.4, -0.2) is 98.7 Å². The maximum Gasteiger partial charge on any atom is 0.415 e. The molecule has 18 nitrogen and oxygen atoms in total. The summed E-state index contributed by atoms with van der Waals surface area (Å²) in [6, 6.07) is 17.4. The second-order valence-corrected chi connectivity index (χ2v) is 18.6. The number of carbonyl (C=O) groups is 3. The summed E-state index contributed by atoms with van der Waals surface area (Å²) in [6.45, 7) is 9.17. The van der Waals surface area contributed by atoms with Gasteiger partial charge in [-0.05, 0) is 103 Å². The standard InChI is InChI=1S/C51H52N8O10/c1-6-32-34-19-31(9-10-39(34)52-45-36(32)24-58-41(45)21-38-37(47(58)63)26-68-48(64)51(38,67)7-2)69-50(66)55(5)25-44(62)56-15-12-28(13-16-56)23-57-17-14-29-18-30(8-11-40(29)57)59-46(53-54-49(59)65)35-20-33(27(3)4)42(60)22-43(35)61/h8-11,14,17-22,27-28,60-61,67H,6-7,12-13,15-16,23-26H2,1-5H3,(H,54,65)/t51-/m0/s1. The zero-order valence-electron chi connectivity index (χ0n) is 38.9. The molecular weight excluding hydrogens is 885 g/mol. The third kappa shape index (κ3) is 7.58. The minimum Gasteiger partial charge on any atom is -0.508 e. The third-order valence-corrected chi connectivity index (χ3v) is 14.1. The molecule has 7 aromatic rings. The Bertz CT molecular complexity index is 3390. The van der Waals surface area contributed by atoms with Gasteiger partial charge in [-0.2, -0.15) is 5.10 Å². The normalized spacial score (nSPS) is 16.7. The number of carbonyl (C=O) groups excluding carboxylic acids is 3. The van der Waals surface area contributed by atoms with Gasteiger partial charge < -0.3 is 43.7 Å². The van der Waals surface area contributed by atoms with Crippen LogP contribution in [0, 0.1) is 5.92 Å². The maximum atomic E-state index is 13.7. The number of piperidine rings is 1. The first-order valence-electron chi connectivity index (χ1n) is 23.2. The molecule has 7 heterocycles. The number of nitrogens with one attached hydrogen (secondary N) is 1. The fraction of sp³-hybridized carbons (Fsp3) is 0.353. The zero-order valence-corrected chi connectivity index (χ0v) is 38.9. The summed E-state index contributed by atoms with van der Waals surface area (Å²) in [5.74, 6) is -0.434. The number of fused-ring (bicyclic) bond motifs is 6. The van der Waals surface area contributed by atoms with Crippen molar-refractivity contribution in [3.8, 4) is 45.7 Å². The van der Waals surface area contributed by atoms with Gasteiger partial charge in [-0.1, -0.05) is 27.7 Å². The molecule has 0 spiro atoms. The van der Waals surface area contributed by atoms with Gasteiger partial charge in [-0.15, -0.1) is 0 Å². The van der Waals surface area contributed by atoms with Crippen molar-refractivity contribution < 1.29 is 39.2 Å². The molecular formula is C51H52N8O10. The zero-order chi connectivity index (χ0) is 48.6. The van der Waals surface area contributed by atoms with Crippen LogP contribution in [0.1, 0.15) is 80.7 Å². The molecule has 356 valence electrons. The summed E-state index contributed by atoms with van der Waals surface area (Å²) in [5.41, 5.74) is 3.71. The number of aryl methyl sites for hydroxylation is 1. The third-order valence-electron chi connectivity index (χ3n) is 14.1. The number of cyclic esters (lactones) is 1. The number of aromatic amines is 1. The van der Waals surface area contributed by atoms with Crippen LogP contribution in [0.2, 0.25) is 0 Å². The second kappa shape index (κ2) is 17.1. The molecule has 69 heavy (non-hydrogen) atoms. The van der Waals surface area contributed by atoms with Crippen molar-refractivity contribution in [2.24, 2.45) is 5.92 Å². The number of likely N-dealkylation sites (N-methyl/N-ethyl adjacent to an activating group) is 1. The maximum absolute atomic E-state index is 13.7. The number of ether oxygens (including phenoxy) is 2. The van der Waals surface area contributed by atoms with E-state index < -0.39 is 23.4 Å². The molecule has 0 bridgehead atoms. The summed E-state index contributed by atoms with van der Waals surface area (Å²) >= 11 is 0. The number of benzene rings is 3. The second-order valence-electron chi connectivity index (χ2n) is 18.6. The van der Waals surface area contributed by atoms with Crippen LogP contribution in [0.4, 0.5) is 4.79 Å². The molecule has 1 saturated heterocycles. The van der Waals surface area contributed by atoms with Crippen LogP contribution in [-0.2, 0) is 46.0 Å². The summed E-state index contributed by atoms with van der Waals surface area (Å²) in [4.78, 5) is 74.3. The van der Waals surface area contributed by atoms with E-state index in [0.29, 0.717) is 59.1 Å². The lowest BCUT2D eigenvalue weighted by Gasteiger charge is -2.33. The number of rotatable bonds is 10. The highest BCUT2D eigenvalue weighted by Crippen LogP contribution is 2.42. The molecule has 3 aliphatic rings. The number of aromatic nitrogens is 6.